The Labute approximate surface area is 184 Å². The molecule has 0 heterocycles. The van der Waals surface area contributed by atoms with Gasteiger partial charge in [-0.15, -0.1) is 12.4 Å². The van der Waals surface area contributed by atoms with Gasteiger partial charge in [-0.05, 0) is 106 Å². The van der Waals surface area contributed by atoms with E-state index in [2.05, 4.69) is 105 Å². The standard InChI is InChI=1S/C26H17NP2.ClH/c28-27-29-26-7-3-6-18-12-19-8-9-20-13-21-10-16-4-1-2-5-17(16)11-22(21)14-23(20)24(19)15-25(18)26;/h1-15H,28H2;1H. The first-order valence-electron chi connectivity index (χ1n) is 9.63. The molecule has 0 aliphatic rings. The fourth-order valence-corrected chi connectivity index (χ4v) is 5.36. The number of nitrogens with zero attached hydrogens (tertiary/aromatic N) is 1. The van der Waals surface area contributed by atoms with Crippen LogP contribution in [0.15, 0.2) is 95.5 Å². The summed E-state index contributed by atoms with van der Waals surface area (Å²) >= 11 is 0. The molecule has 1 nitrogen and oxygen atoms in total. The Balaban J connectivity index is 0.00000193. The average molecular weight is 442 g/mol. The van der Waals surface area contributed by atoms with Crippen molar-refractivity contribution in [1.82, 2.24) is 0 Å². The van der Waals surface area contributed by atoms with Gasteiger partial charge in [-0.1, -0.05) is 48.5 Å². The van der Waals surface area contributed by atoms with E-state index >= 15 is 0 Å². The van der Waals surface area contributed by atoms with Crippen molar-refractivity contribution in [3.05, 3.63) is 91.0 Å². The van der Waals surface area contributed by atoms with Crippen LogP contribution in [-0.4, -0.2) is 0 Å². The second-order valence-corrected chi connectivity index (χ2v) is 9.08. The Kier molecular flexibility index (Phi) is 4.92. The summed E-state index contributed by atoms with van der Waals surface area (Å²) in [5.41, 5.74) is 0. The van der Waals surface area contributed by atoms with Gasteiger partial charge in [0.05, 0.1) is 0 Å². The lowest BCUT2D eigenvalue weighted by atomic mass is 9.95. The van der Waals surface area contributed by atoms with E-state index in [9.17, 15) is 0 Å². The van der Waals surface area contributed by atoms with E-state index in [1.807, 2.05) is 0 Å². The molecular formula is C26H18ClNP2. The van der Waals surface area contributed by atoms with Crippen molar-refractivity contribution < 1.29 is 0 Å². The quantitative estimate of drug-likeness (QED) is 0.138. The monoisotopic (exact) mass is 441 g/mol. The van der Waals surface area contributed by atoms with Gasteiger partial charge >= 0.3 is 0 Å². The smallest absolute Gasteiger partial charge is 0.0438 e. The molecule has 144 valence electrons. The normalized spacial score (nSPS) is 11.8. The summed E-state index contributed by atoms with van der Waals surface area (Å²) < 4.78 is 4.26. The lowest BCUT2D eigenvalue weighted by Gasteiger charge is -2.10. The molecule has 0 aliphatic carbocycles. The number of fused-ring (bicyclic) bond motifs is 6. The third-order valence-corrected chi connectivity index (χ3v) is 6.87. The molecular weight excluding hydrogens is 424 g/mol. The lowest BCUT2D eigenvalue weighted by molar-refractivity contribution is 1.79. The molecule has 1 unspecified atom stereocenters. The molecule has 6 aromatic carbocycles. The minimum absolute atomic E-state index is 0. The van der Waals surface area contributed by atoms with Crippen LogP contribution in [-0.2, 0) is 0 Å². The Morgan fingerprint density at radius 3 is 1.73 bits per heavy atom. The maximum absolute atomic E-state index is 4.26. The number of benzene rings is 6. The molecule has 0 bridgehead atoms. The summed E-state index contributed by atoms with van der Waals surface area (Å²) in [6.07, 6.45) is 0. The van der Waals surface area contributed by atoms with Crippen molar-refractivity contribution in [2.75, 3.05) is 0 Å². The summed E-state index contributed by atoms with van der Waals surface area (Å²) in [5, 5.41) is 14.1. The Bertz CT molecular complexity index is 1620. The molecule has 6 aromatic rings. The van der Waals surface area contributed by atoms with Gasteiger partial charge in [-0.3, -0.25) is 0 Å². The molecule has 0 spiro atoms. The van der Waals surface area contributed by atoms with E-state index in [0.29, 0.717) is 0 Å². The van der Waals surface area contributed by atoms with Crippen molar-refractivity contribution in [2.45, 2.75) is 0 Å². The minimum Gasteiger partial charge on any atom is -0.247 e. The second-order valence-electron chi connectivity index (χ2n) is 7.47. The zero-order valence-electron chi connectivity index (χ0n) is 16.0. The molecule has 6 rings (SSSR count). The lowest BCUT2D eigenvalue weighted by Crippen LogP contribution is -1.93. The van der Waals surface area contributed by atoms with E-state index in [1.54, 1.807) is 0 Å². The van der Waals surface area contributed by atoms with Gasteiger partial charge in [0.15, 0.2) is 0 Å². The van der Waals surface area contributed by atoms with Crippen LogP contribution in [0.25, 0.3) is 53.9 Å². The number of rotatable bonds is 1. The largest absolute Gasteiger partial charge is 0.247 e. The van der Waals surface area contributed by atoms with Crippen LogP contribution >= 0.6 is 30.2 Å². The van der Waals surface area contributed by atoms with Crippen molar-refractivity contribution in [3.8, 4) is 0 Å². The molecule has 0 N–H and O–H groups in total. The SMILES string of the molecule is Cl.P/N=P\c1cccc2cc3ccc4cc5cc6ccccc6cc5cc4c3cc12. The molecule has 0 amide bonds. The van der Waals surface area contributed by atoms with E-state index in [-0.39, 0.29) is 12.4 Å². The van der Waals surface area contributed by atoms with Gasteiger partial charge in [-0.2, -0.15) is 0 Å². The molecule has 0 radical (unpaired) electrons. The molecule has 0 aliphatic heterocycles. The van der Waals surface area contributed by atoms with Crippen LogP contribution in [0.1, 0.15) is 0 Å². The summed E-state index contributed by atoms with van der Waals surface area (Å²) in [6.45, 7) is 0. The van der Waals surface area contributed by atoms with Crippen molar-refractivity contribution >= 4 is 89.3 Å². The number of hydrogen-bond acceptors (Lipinski definition) is 1. The summed E-state index contributed by atoms with van der Waals surface area (Å²) in [4.78, 5) is 0. The molecule has 0 saturated heterocycles. The van der Waals surface area contributed by atoms with Crippen LogP contribution in [0.2, 0.25) is 0 Å². The maximum Gasteiger partial charge on any atom is 0.0438 e. The number of halogens is 1. The second kappa shape index (κ2) is 7.60. The van der Waals surface area contributed by atoms with Crippen molar-refractivity contribution in [1.29, 1.82) is 0 Å². The fourth-order valence-electron chi connectivity index (χ4n) is 4.41. The van der Waals surface area contributed by atoms with Crippen molar-refractivity contribution in [2.24, 2.45) is 4.52 Å². The van der Waals surface area contributed by atoms with Crippen molar-refractivity contribution in [3.63, 3.8) is 0 Å². The van der Waals surface area contributed by atoms with Crippen LogP contribution in [0, 0.1) is 0 Å². The van der Waals surface area contributed by atoms with Gasteiger partial charge in [0.25, 0.3) is 0 Å². The van der Waals surface area contributed by atoms with Gasteiger partial charge < -0.3 is 0 Å². The predicted molar refractivity (Wildman–Crippen MR) is 140 cm³/mol. The summed E-state index contributed by atoms with van der Waals surface area (Å²) in [7, 11) is 3.45. The summed E-state index contributed by atoms with van der Waals surface area (Å²) in [5.74, 6) is 0. The van der Waals surface area contributed by atoms with Crippen LogP contribution in [0.5, 0.6) is 0 Å². The van der Waals surface area contributed by atoms with Gasteiger partial charge in [-0.25, -0.2) is 4.52 Å². The van der Waals surface area contributed by atoms with Gasteiger partial charge in [0.2, 0.25) is 0 Å². The first kappa shape index (κ1) is 19.4. The van der Waals surface area contributed by atoms with Gasteiger partial charge in [0.1, 0.15) is 0 Å². The highest BCUT2D eigenvalue weighted by molar-refractivity contribution is 7.43. The highest BCUT2D eigenvalue weighted by Gasteiger charge is 2.08. The minimum atomic E-state index is 0. The first-order valence-corrected chi connectivity index (χ1v) is 11.0. The highest BCUT2D eigenvalue weighted by Crippen LogP contribution is 2.34. The number of hydrogen-bond donors (Lipinski definition) is 0. The van der Waals surface area contributed by atoms with E-state index in [1.165, 1.54) is 59.2 Å². The molecule has 0 aromatic heterocycles. The van der Waals surface area contributed by atoms with Crippen LogP contribution in [0.3, 0.4) is 0 Å². The Morgan fingerprint density at radius 2 is 1.03 bits per heavy atom. The Hall–Kier alpha value is -2.56. The fraction of sp³-hybridized carbons (Fsp3) is 0. The van der Waals surface area contributed by atoms with E-state index < -0.39 is 0 Å². The van der Waals surface area contributed by atoms with Gasteiger partial charge in [0, 0.05) is 13.7 Å². The molecule has 30 heavy (non-hydrogen) atoms. The highest BCUT2D eigenvalue weighted by atomic mass is 35.5. The first-order chi connectivity index (χ1) is 14.3. The molecule has 4 heteroatoms. The zero-order chi connectivity index (χ0) is 19.4. The van der Waals surface area contributed by atoms with Crippen LogP contribution in [0.4, 0.5) is 0 Å². The maximum atomic E-state index is 4.26. The molecule has 0 saturated carbocycles. The van der Waals surface area contributed by atoms with E-state index in [4.69, 9.17) is 0 Å². The zero-order valence-corrected chi connectivity index (χ0v) is 18.9. The van der Waals surface area contributed by atoms with Crippen LogP contribution < -0.4 is 5.30 Å². The topological polar surface area (TPSA) is 12.4 Å². The molecule has 1 atom stereocenters. The van der Waals surface area contributed by atoms with E-state index in [0.717, 1.165) is 8.37 Å². The third-order valence-electron chi connectivity index (χ3n) is 5.80. The Morgan fingerprint density at radius 1 is 0.500 bits per heavy atom. The average Bonchev–Trinajstić information content (AvgIpc) is 2.75. The molecule has 0 fully saturated rings. The third kappa shape index (κ3) is 3.06. The summed E-state index contributed by atoms with van der Waals surface area (Å²) in [6, 6.07) is 33.5. The predicted octanol–water partition coefficient (Wildman–Crippen LogP) is 8.42.